The number of hydrogen-bond donors (Lipinski definition) is 2. The van der Waals surface area contributed by atoms with Gasteiger partial charge in [-0.05, 0) is 30.0 Å². The van der Waals surface area contributed by atoms with E-state index in [1.54, 1.807) is 0 Å². The molecule has 0 aliphatic rings. The van der Waals surface area contributed by atoms with Gasteiger partial charge in [-0.15, -0.1) is 0 Å². The lowest BCUT2D eigenvalue weighted by molar-refractivity contribution is 0.275. The van der Waals surface area contributed by atoms with Crippen molar-refractivity contribution < 1.29 is 13.5 Å². The predicted molar refractivity (Wildman–Crippen MR) is 71.4 cm³/mol. The largest absolute Gasteiger partial charge is 0.396 e. The van der Waals surface area contributed by atoms with E-state index in [-0.39, 0.29) is 12.5 Å². The molecule has 2 N–H and O–H groups in total. The Morgan fingerprint density at radius 2 is 1.94 bits per heavy atom. The summed E-state index contributed by atoms with van der Waals surface area (Å²) in [5, 5.41) is 9.00. The Morgan fingerprint density at radius 1 is 1.35 bits per heavy atom. The standard InChI is InChI=1S/C11H16BrNO3S/c1-17(15,16)13-8-10(6-7-14)9-2-4-11(12)5-3-9/h2-5,10,13-14H,6-8H2,1H3. The van der Waals surface area contributed by atoms with Crippen LogP contribution in [0.25, 0.3) is 0 Å². The van der Waals surface area contributed by atoms with Gasteiger partial charge in [0.05, 0.1) is 6.26 Å². The highest BCUT2D eigenvalue weighted by molar-refractivity contribution is 9.10. The van der Waals surface area contributed by atoms with Crippen LogP contribution in [0.4, 0.5) is 0 Å². The molecule has 1 aromatic carbocycles. The molecule has 1 rings (SSSR count). The highest BCUT2D eigenvalue weighted by atomic mass is 79.9. The van der Waals surface area contributed by atoms with Gasteiger partial charge in [0.15, 0.2) is 0 Å². The lowest BCUT2D eigenvalue weighted by atomic mass is 9.96. The molecule has 0 amide bonds. The van der Waals surface area contributed by atoms with Crippen LogP contribution in [0, 0.1) is 0 Å². The molecule has 96 valence electrons. The van der Waals surface area contributed by atoms with Crippen molar-refractivity contribution in [1.29, 1.82) is 0 Å². The molecule has 0 aliphatic carbocycles. The first kappa shape index (κ1) is 14.6. The zero-order chi connectivity index (χ0) is 12.9. The maximum Gasteiger partial charge on any atom is 0.208 e. The number of nitrogens with one attached hydrogen (secondary N) is 1. The molecule has 4 nitrogen and oxygen atoms in total. The Balaban J connectivity index is 2.75. The lowest BCUT2D eigenvalue weighted by Crippen LogP contribution is -2.27. The second kappa shape index (κ2) is 6.49. The molecule has 0 spiro atoms. The average Bonchev–Trinajstić information content (AvgIpc) is 2.24. The number of aliphatic hydroxyl groups is 1. The summed E-state index contributed by atoms with van der Waals surface area (Å²) in [5.74, 6) is -0.0113. The van der Waals surface area contributed by atoms with Gasteiger partial charge in [-0.2, -0.15) is 0 Å². The molecule has 0 radical (unpaired) electrons. The summed E-state index contributed by atoms with van der Waals surface area (Å²) >= 11 is 3.34. The number of benzene rings is 1. The quantitative estimate of drug-likeness (QED) is 0.833. The van der Waals surface area contributed by atoms with E-state index in [4.69, 9.17) is 5.11 Å². The van der Waals surface area contributed by atoms with Crippen molar-refractivity contribution in [2.45, 2.75) is 12.3 Å². The van der Waals surface area contributed by atoms with Crippen molar-refractivity contribution in [3.05, 3.63) is 34.3 Å². The van der Waals surface area contributed by atoms with Gasteiger partial charge in [0.2, 0.25) is 10.0 Å². The van der Waals surface area contributed by atoms with Crippen LogP contribution in [0.15, 0.2) is 28.7 Å². The summed E-state index contributed by atoms with van der Waals surface area (Å²) in [6, 6.07) is 7.66. The summed E-state index contributed by atoms with van der Waals surface area (Å²) in [6.07, 6.45) is 1.66. The molecular formula is C11H16BrNO3S. The molecule has 0 aromatic heterocycles. The fraction of sp³-hybridized carbons (Fsp3) is 0.455. The van der Waals surface area contributed by atoms with Gasteiger partial charge in [-0.25, -0.2) is 13.1 Å². The van der Waals surface area contributed by atoms with Gasteiger partial charge in [-0.3, -0.25) is 0 Å². The van der Waals surface area contributed by atoms with Crippen molar-refractivity contribution in [3.8, 4) is 0 Å². The summed E-state index contributed by atoms with van der Waals surface area (Å²) in [7, 11) is -3.19. The SMILES string of the molecule is CS(=O)(=O)NCC(CCO)c1ccc(Br)cc1. The van der Waals surface area contributed by atoms with E-state index in [2.05, 4.69) is 20.7 Å². The molecule has 0 bridgehead atoms. The van der Waals surface area contributed by atoms with Crippen LogP contribution in [0.1, 0.15) is 17.9 Å². The van der Waals surface area contributed by atoms with Crippen LogP contribution in [-0.4, -0.2) is 32.9 Å². The Morgan fingerprint density at radius 3 is 2.41 bits per heavy atom. The minimum atomic E-state index is -3.19. The van der Waals surface area contributed by atoms with E-state index in [0.717, 1.165) is 16.3 Å². The number of rotatable bonds is 6. The van der Waals surface area contributed by atoms with E-state index in [0.29, 0.717) is 13.0 Å². The topological polar surface area (TPSA) is 66.4 Å². The normalized spacial score (nSPS) is 13.6. The third-order valence-corrected chi connectivity index (χ3v) is 3.63. The van der Waals surface area contributed by atoms with E-state index in [9.17, 15) is 8.42 Å². The van der Waals surface area contributed by atoms with Gasteiger partial charge >= 0.3 is 0 Å². The monoisotopic (exact) mass is 321 g/mol. The van der Waals surface area contributed by atoms with Crippen LogP contribution in [0.5, 0.6) is 0 Å². The summed E-state index contributed by atoms with van der Waals surface area (Å²) in [5.41, 5.74) is 1.01. The highest BCUT2D eigenvalue weighted by Crippen LogP contribution is 2.21. The molecule has 0 heterocycles. The average molecular weight is 322 g/mol. The van der Waals surface area contributed by atoms with E-state index >= 15 is 0 Å². The first-order chi connectivity index (χ1) is 7.92. The Kier molecular flexibility index (Phi) is 5.58. The van der Waals surface area contributed by atoms with Crippen LogP contribution in [0.2, 0.25) is 0 Å². The zero-order valence-electron chi connectivity index (χ0n) is 9.56. The molecule has 1 aromatic rings. The highest BCUT2D eigenvalue weighted by Gasteiger charge is 2.13. The fourth-order valence-corrected chi connectivity index (χ4v) is 2.30. The fourth-order valence-electron chi connectivity index (χ4n) is 1.53. The van der Waals surface area contributed by atoms with Crippen LogP contribution in [0.3, 0.4) is 0 Å². The maximum absolute atomic E-state index is 11.0. The molecule has 1 atom stereocenters. The molecule has 6 heteroatoms. The van der Waals surface area contributed by atoms with Gasteiger partial charge < -0.3 is 5.11 Å². The minimum Gasteiger partial charge on any atom is -0.396 e. The first-order valence-corrected chi connectivity index (χ1v) is 7.92. The van der Waals surface area contributed by atoms with E-state index in [1.807, 2.05) is 24.3 Å². The van der Waals surface area contributed by atoms with Crippen LogP contribution >= 0.6 is 15.9 Å². The van der Waals surface area contributed by atoms with Crippen molar-refractivity contribution in [2.24, 2.45) is 0 Å². The summed E-state index contributed by atoms with van der Waals surface area (Å²) in [6.45, 7) is 0.340. The molecule has 0 fully saturated rings. The summed E-state index contributed by atoms with van der Waals surface area (Å²) in [4.78, 5) is 0. The van der Waals surface area contributed by atoms with Crippen molar-refractivity contribution in [2.75, 3.05) is 19.4 Å². The first-order valence-electron chi connectivity index (χ1n) is 5.23. The van der Waals surface area contributed by atoms with Gasteiger partial charge in [0.1, 0.15) is 0 Å². The molecular weight excluding hydrogens is 306 g/mol. The van der Waals surface area contributed by atoms with Gasteiger partial charge in [-0.1, -0.05) is 28.1 Å². The van der Waals surface area contributed by atoms with Crippen LogP contribution < -0.4 is 4.72 Å². The number of hydrogen-bond acceptors (Lipinski definition) is 3. The minimum absolute atomic E-state index is 0.0113. The second-order valence-electron chi connectivity index (χ2n) is 3.88. The third-order valence-electron chi connectivity index (χ3n) is 2.41. The molecule has 17 heavy (non-hydrogen) atoms. The molecule has 0 aliphatic heterocycles. The van der Waals surface area contributed by atoms with Gasteiger partial charge in [0, 0.05) is 17.6 Å². The van der Waals surface area contributed by atoms with E-state index < -0.39 is 10.0 Å². The van der Waals surface area contributed by atoms with Crippen molar-refractivity contribution in [1.82, 2.24) is 4.72 Å². The third kappa shape index (κ3) is 5.63. The number of halogens is 1. The second-order valence-corrected chi connectivity index (χ2v) is 6.63. The molecule has 1 unspecified atom stereocenters. The van der Waals surface area contributed by atoms with Crippen molar-refractivity contribution in [3.63, 3.8) is 0 Å². The zero-order valence-corrected chi connectivity index (χ0v) is 12.0. The van der Waals surface area contributed by atoms with Crippen molar-refractivity contribution >= 4 is 26.0 Å². The Hall–Kier alpha value is -0.430. The predicted octanol–water partition coefficient (Wildman–Crippen LogP) is 1.46. The van der Waals surface area contributed by atoms with Gasteiger partial charge in [0.25, 0.3) is 0 Å². The van der Waals surface area contributed by atoms with E-state index in [1.165, 1.54) is 0 Å². The maximum atomic E-state index is 11.0. The lowest BCUT2D eigenvalue weighted by Gasteiger charge is -2.16. The number of aliphatic hydroxyl groups excluding tert-OH is 1. The number of sulfonamides is 1. The summed E-state index contributed by atoms with van der Waals surface area (Å²) < 4.78 is 25.5. The molecule has 0 saturated heterocycles. The Bertz CT molecular complexity index is 444. The smallest absolute Gasteiger partial charge is 0.208 e. The molecule has 0 saturated carbocycles. The Labute approximate surface area is 110 Å². The van der Waals surface area contributed by atoms with Crippen LogP contribution in [-0.2, 0) is 10.0 Å².